The normalized spacial score (nSPS) is 10.6. The number of nitrogens with zero attached hydrogens (tertiary/aromatic N) is 1. The summed E-state index contributed by atoms with van der Waals surface area (Å²) in [6.07, 6.45) is 0.790. The van der Waals surface area contributed by atoms with E-state index in [-0.39, 0.29) is 12.5 Å². The van der Waals surface area contributed by atoms with Crippen LogP contribution in [0.15, 0.2) is 53.0 Å². The van der Waals surface area contributed by atoms with Crippen molar-refractivity contribution >= 4 is 38.3 Å². The van der Waals surface area contributed by atoms with Crippen molar-refractivity contribution in [3.05, 3.63) is 74.7 Å². The van der Waals surface area contributed by atoms with Crippen molar-refractivity contribution in [2.75, 3.05) is 11.9 Å². The number of anilines is 1. The summed E-state index contributed by atoms with van der Waals surface area (Å²) in [6.45, 7) is 3.91. The first-order valence-corrected chi connectivity index (χ1v) is 9.80. The molecule has 0 atom stereocenters. The van der Waals surface area contributed by atoms with Crippen molar-refractivity contribution in [2.24, 2.45) is 0 Å². The minimum Gasteiger partial charge on any atom is -0.484 e. The average Bonchev–Trinajstić information content (AvgIpc) is 2.92. The number of hydrogen-bond donors (Lipinski definition) is 1. The summed E-state index contributed by atoms with van der Waals surface area (Å²) in [6, 6.07) is 15.8. The minimum absolute atomic E-state index is 0.0386. The van der Waals surface area contributed by atoms with Crippen molar-refractivity contribution < 1.29 is 9.53 Å². The number of nitrogens with one attached hydrogen (secondary N) is 1. The van der Waals surface area contributed by atoms with Crippen molar-refractivity contribution in [1.82, 2.24) is 4.98 Å². The quantitative estimate of drug-likeness (QED) is 0.589. The molecular formula is C20H19BrN2O2S. The van der Waals surface area contributed by atoms with Gasteiger partial charge in [-0.2, -0.15) is 0 Å². The Hall–Kier alpha value is -2.18. The molecule has 0 radical (unpaired) electrons. The van der Waals surface area contributed by atoms with Gasteiger partial charge >= 0.3 is 0 Å². The zero-order valence-corrected chi connectivity index (χ0v) is 17.0. The van der Waals surface area contributed by atoms with Gasteiger partial charge in [-0.25, -0.2) is 4.98 Å². The Morgan fingerprint density at radius 3 is 2.77 bits per heavy atom. The van der Waals surface area contributed by atoms with Gasteiger partial charge in [0.1, 0.15) is 5.75 Å². The first kappa shape index (κ1) is 18.6. The Balaban J connectivity index is 1.59. The first-order valence-electron chi connectivity index (χ1n) is 8.19. The molecule has 0 spiro atoms. The van der Waals surface area contributed by atoms with E-state index in [1.54, 1.807) is 0 Å². The number of aromatic nitrogens is 1. The van der Waals surface area contributed by atoms with Gasteiger partial charge in [0, 0.05) is 15.8 Å². The molecule has 0 bridgehead atoms. The Morgan fingerprint density at radius 1 is 1.19 bits per heavy atom. The predicted octanol–water partition coefficient (Wildman–Crippen LogP) is 5.13. The van der Waals surface area contributed by atoms with E-state index in [9.17, 15) is 4.79 Å². The molecule has 0 aliphatic carbocycles. The predicted molar refractivity (Wildman–Crippen MR) is 109 cm³/mol. The first-order chi connectivity index (χ1) is 12.5. The molecule has 0 saturated carbocycles. The molecule has 1 N–H and O–H groups in total. The van der Waals surface area contributed by atoms with E-state index < -0.39 is 0 Å². The number of aryl methyl sites for hydroxylation is 2. The maximum atomic E-state index is 12.1. The molecule has 6 heteroatoms. The Morgan fingerprint density at radius 2 is 2.00 bits per heavy atom. The third-order valence-electron chi connectivity index (χ3n) is 3.75. The highest BCUT2D eigenvalue weighted by molar-refractivity contribution is 9.10. The van der Waals surface area contributed by atoms with Crippen LogP contribution in [0.2, 0.25) is 0 Å². The summed E-state index contributed by atoms with van der Waals surface area (Å²) in [4.78, 5) is 17.7. The van der Waals surface area contributed by atoms with Crippen LogP contribution in [0.3, 0.4) is 0 Å². The highest BCUT2D eigenvalue weighted by atomic mass is 79.9. The molecule has 1 aromatic heterocycles. The number of rotatable bonds is 6. The summed E-state index contributed by atoms with van der Waals surface area (Å²) < 4.78 is 6.58. The summed E-state index contributed by atoms with van der Waals surface area (Å²) in [5.74, 6) is 0.472. The minimum atomic E-state index is -0.214. The summed E-state index contributed by atoms with van der Waals surface area (Å²) in [7, 11) is 0. The van der Waals surface area contributed by atoms with E-state index in [2.05, 4.69) is 38.4 Å². The van der Waals surface area contributed by atoms with Gasteiger partial charge in [-0.3, -0.25) is 10.1 Å². The Kier molecular flexibility index (Phi) is 6.06. The molecule has 1 amide bonds. The van der Waals surface area contributed by atoms with Crippen LogP contribution in [0.25, 0.3) is 0 Å². The molecule has 3 aromatic rings. The number of benzene rings is 2. The van der Waals surface area contributed by atoms with E-state index in [0.717, 1.165) is 27.0 Å². The molecule has 26 heavy (non-hydrogen) atoms. The molecule has 2 aromatic carbocycles. The lowest BCUT2D eigenvalue weighted by Gasteiger charge is -2.06. The van der Waals surface area contributed by atoms with Crippen molar-refractivity contribution in [3.8, 4) is 5.75 Å². The van der Waals surface area contributed by atoms with Crippen LogP contribution in [-0.2, 0) is 11.2 Å². The fraction of sp³-hybridized carbons (Fsp3) is 0.200. The molecule has 0 fully saturated rings. The summed E-state index contributed by atoms with van der Waals surface area (Å²) >= 11 is 4.99. The standard InChI is InChI=1S/C20H19BrN2O2S/c1-13-5-3-8-17(9-13)25-12-19(24)23-20-22-14(2)18(26-20)11-15-6-4-7-16(21)10-15/h3-10H,11-12H2,1-2H3,(H,22,23,24). The number of carbonyl (C=O) groups is 1. The van der Waals surface area contributed by atoms with Crippen LogP contribution < -0.4 is 10.1 Å². The van der Waals surface area contributed by atoms with Crippen LogP contribution >= 0.6 is 27.3 Å². The molecule has 0 saturated heterocycles. The van der Waals surface area contributed by atoms with Gasteiger partial charge in [-0.05, 0) is 49.2 Å². The lowest BCUT2D eigenvalue weighted by atomic mass is 10.1. The second-order valence-corrected chi connectivity index (χ2v) is 7.99. The smallest absolute Gasteiger partial charge is 0.264 e. The van der Waals surface area contributed by atoms with E-state index >= 15 is 0 Å². The Labute approximate surface area is 165 Å². The maximum Gasteiger partial charge on any atom is 0.264 e. The van der Waals surface area contributed by atoms with Gasteiger partial charge < -0.3 is 4.74 Å². The largest absolute Gasteiger partial charge is 0.484 e. The fourth-order valence-electron chi connectivity index (χ4n) is 2.49. The number of carbonyl (C=O) groups excluding carboxylic acids is 1. The number of thiazole rings is 1. The Bertz CT molecular complexity index is 924. The molecule has 1 heterocycles. The highest BCUT2D eigenvalue weighted by Crippen LogP contribution is 2.26. The molecule has 4 nitrogen and oxygen atoms in total. The zero-order valence-electron chi connectivity index (χ0n) is 14.6. The van der Waals surface area contributed by atoms with E-state index in [4.69, 9.17) is 4.74 Å². The van der Waals surface area contributed by atoms with E-state index in [1.165, 1.54) is 16.9 Å². The van der Waals surface area contributed by atoms with Gasteiger partial charge in [0.15, 0.2) is 11.7 Å². The maximum absolute atomic E-state index is 12.1. The van der Waals surface area contributed by atoms with Crippen molar-refractivity contribution in [2.45, 2.75) is 20.3 Å². The van der Waals surface area contributed by atoms with Gasteiger partial charge in [-0.15, -0.1) is 11.3 Å². The second-order valence-electron chi connectivity index (χ2n) is 5.99. The van der Waals surface area contributed by atoms with Crippen molar-refractivity contribution in [3.63, 3.8) is 0 Å². The summed E-state index contributed by atoms with van der Waals surface area (Å²) in [5.41, 5.74) is 3.23. The van der Waals surface area contributed by atoms with Crippen LogP contribution in [-0.4, -0.2) is 17.5 Å². The SMILES string of the molecule is Cc1cccc(OCC(=O)Nc2nc(C)c(Cc3cccc(Br)c3)s2)c1. The second kappa shape index (κ2) is 8.47. The number of halogens is 1. The highest BCUT2D eigenvalue weighted by Gasteiger charge is 2.12. The monoisotopic (exact) mass is 430 g/mol. The third kappa shape index (κ3) is 5.16. The van der Waals surface area contributed by atoms with Gasteiger partial charge in [0.25, 0.3) is 5.91 Å². The van der Waals surface area contributed by atoms with E-state index in [0.29, 0.717) is 10.9 Å². The van der Waals surface area contributed by atoms with E-state index in [1.807, 2.05) is 50.2 Å². The molecule has 0 unspecified atom stereocenters. The van der Waals surface area contributed by atoms with Crippen LogP contribution in [0.5, 0.6) is 5.75 Å². The molecule has 0 aliphatic heterocycles. The number of ether oxygens (including phenoxy) is 1. The van der Waals surface area contributed by atoms with Gasteiger partial charge in [0.05, 0.1) is 5.69 Å². The number of amides is 1. The van der Waals surface area contributed by atoms with Crippen molar-refractivity contribution in [1.29, 1.82) is 0 Å². The molecular weight excluding hydrogens is 412 g/mol. The van der Waals surface area contributed by atoms with Gasteiger partial charge in [-0.1, -0.05) is 40.2 Å². The lowest BCUT2D eigenvalue weighted by Crippen LogP contribution is -2.20. The average molecular weight is 431 g/mol. The molecule has 0 aliphatic rings. The molecule has 3 rings (SSSR count). The molecule has 134 valence electrons. The zero-order chi connectivity index (χ0) is 18.5. The van der Waals surface area contributed by atoms with Crippen LogP contribution in [0.1, 0.15) is 21.7 Å². The summed E-state index contributed by atoms with van der Waals surface area (Å²) in [5, 5.41) is 3.42. The van der Waals surface area contributed by atoms with Crippen LogP contribution in [0, 0.1) is 13.8 Å². The number of hydrogen-bond acceptors (Lipinski definition) is 4. The lowest BCUT2D eigenvalue weighted by molar-refractivity contribution is -0.118. The topological polar surface area (TPSA) is 51.2 Å². The fourth-order valence-corrected chi connectivity index (χ4v) is 3.95. The van der Waals surface area contributed by atoms with Crippen LogP contribution in [0.4, 0.5) is 5.13 Å². The van der Waals surface area contributed by atoms with Gasteiger partial charge in [0.2, 0.25) is 0 Å². The third-order valence-corrected chi connectivity index (χ3v) is 5.32.